The maximum atomic E-state index is 5.66. The van der Waals surface area contributed by atoms with E-state index in [1.54, 1.807) is 11.3 Å². The number of aromatic nitrogens is 3. The highest BCUT2D eigenvalue weighted by Gasteiger charge is 2.17. The molecular formula is C12H18BrN5S. The third kappa shape index (κ3) is 3.42. The average Bonchev–Trinajstić information content (AvgIpc) is 2.87. The molecule has 0 spiro atoms. The van der Waals surface area contributed by atoms with Gasteiger partial charge in [-0.1, -0.05) is 0 Å². The van der Waals surface area contributed by atoms with Gasteiger partial charge in [0.2, 0.25) is 0 Å². The lowest BCUT2D eigenvalue weighted by molar-refractivity contribution is 0.500. The highest BCUT2D eigenvalue weighted by atomic mass is 79.9. The number of nitrogens with zero attached hydrogens (tertiary/aromatic N) is 3. The fourth-order valence-electron chi connectivity index (χ4n) is 2.08. The van der Waals surface area contributed by atoms with Crippen molar-refractivity contribution in [1.82, 2.24) is 20.2 Å². The summed E-state index contributed by atoms with van der Waals surface area (Å²) in [5.41, 5.74) is 6.10. The molecule has 0 aliphatic rings. The second kappa shape index (κ2) is 6.13. The first-order valence-electron chi connectivity index (χ1n) is 6.06. The van der Waals surface area contributed by atoms with Gasteiger partial charge < -0.3 is 0 Å². The van der Waals surface area contributed by atoms with E-state index < -0.39 is 0 Å². The van der Waals surface area contributed by atoms with E-state index in [0.717, 1.165) is 39.4 Å². The number of nitrogens with one attached hydrogen (secondary N) is 1. The molecule has 0 saturated carbocycles. The van der Waals surface area contributed by atoms with Crippen LogP contribution in [-0.2, 0) is 19.9 Å². The van der Waals surface area contributed by atoms with Gasteiger partial charge in [0.15, 0.2) is 0 Å². The number of thiazole rings is 1. The Hall–Kier alpha value is -0.760. The fourth-order valence-corrected chi connectivity index (χ4v) is 3.20. The smallest absolute Gasteiger partial charge is 0.0897 e. The van der Waals surface area contributed by atoms with Crippen LogP contribution in [0.4, 0.5) is 0 Å². The van der Waals surface area contributed by atoms with Crippen LogP contribution in [0.1, 0.15) is 22.1 Å². The van der Waals surface area contributed by atoms with Gasteiger partial charge in [-0.05, 0) is 29.8 Å². The van der Waals surface area contributed by atoms with Crippen molar-refractivity contribution in [3.63, 3.8) is 0 Å². The van der Waals surface area contributed by atoms with Crippen LogP contribution < -0.4 is 11.3 Å². The summed E-state index contributed by atoms with van der Waals surface area (Å²) in [5, 5.41) is 7.57. The predicted octanol–water partition coefficient (Wildman–Crippen LogP) is 1.87. The molecule has 3 N–H and O–H groups in total. The molecule has 1 atom stereocenters. The van der Waals surface area contributed by atoms with Crippen molar-refractivity contribution in [3.8, 4) is 0 Å². The van der Waals surface area contributed by atoms with Crippen molar-refractivity contribution in [3.05, 3.63) is 31.9 Å². The molecule has 2 aromatic rings. The van der Waals surface area contributed by atoms with Gasteiger partial charge in [-0.15, -0.1) is 11.3 Å². The van der Waals surface area contributed by atoms with Crippen molar-refractivity contribution >= 4 is 27.3 Å². The summed E-state index contributed by atoms with van der Waals surface area (Å²) in [5.74, 6) is 5.66. The molecule has 0 aliphatic heterocycles. The Morgan fingerprint density at radius 3 is 2.68 bits per heavy atom. The number of rotatable bonds is 5. The van der Waals surface area contributed by atoms with Gasteiger partial charge in [0, 0.05) is 31.3 Å². The van der Waals surface area contributed by atoms with E-state index in [1.165, 1.54) is 0 Å². The highest BCUT2D eigenvalue weighted by Crippen LogP contribution is 2.22. The van der Waals surface area contributed by atoms with Crippen LogP contribution in [0.3, 0.4) is 0 Å². The molecule has 19 heavy (non-hydrogen) atoms. The van der Waals surface area contributed by atoms with E-state index in [1.807, 2.05) is 25.6 Å². The molecule has 104 valence electrons. The van der Waals surface area contributed by atoms with E-state index in [-0.39, 0.29) is 6.04 Å². The Labute approximate surface area is 125 Å². The van der Waals surface area contributed by atoms with Crippen molar-refractivity contribution in [2.45, 2.75) is 32.7 Å². The predicted molar refractivity (Wildman–Crippen MR) is 81.0 cm³/mol. The third-order valence-corrected chi connectivity index (χ3v) is 4.91. The minimum absolute atomic E-state index is 0.146. The van der Waals surface area contributed by atoms with Gasteiger partial charge in [0.1, 0.15) is 0 Å². The summed E-state index contributed by atoms with van der Waals surface area (Å²) in [4.78, 5) is 4.48. The zero-order valence-corrected chi connectivity index (χ0v) is 13.7. The van der Waals surface area contributed by atoms with Crippen LogP contribution in [0.15, 0.2) is 9.85 Å². The molecule has 5 nitrogen and oxygen atoms in total. The molecule has 2 heterocycles. The zero-order chi connectivity index (χ0) is 14.0. The molecule has 0 aliphatic carbocycles. The van der Waals surface area contributed by atoms with E-state index in [4.69, 9.17) is 5.84 Å². The molecule has 0 bridgehead atoms. The van der Waals surface area contributed by atoms with Gasteiger partial charge in [-0.25, -0.2) is 4.98 Å². The Bertz CT molecular complexity index is 562. The average molecular weight is 344 g/mol. The van der Waals surface area contributed by atoms with Crippen molar-refractivity contribution in [2.24, 2.45) is 12.9 Å². The SMILES string of the molecule is Cc1nc(CC(Cc2c(Br)c(C)nn2C)NN)cs1. The standard InChI is InChI=1S/C12H18BrN5S/c1-7-12(13)11(18(3)17-7)5-9(16-14)4-10-6-19-8(2)15-10/h6,9,16H,4-5,14H2,1-3H3. The molecule has 0 radical (unpaired) electrons. The molecule has 0 fully saturated rings. The lowest BCUT2D eigenvalue weighted by atomic mass is 10.1. The van der Waals surface area contributed by atoms with Crippen LogP contribution in [0.25, 0.3) is 0 Å². The van der Waals surface area contributed by atoms with Gasteiger partial charge >= 0.3 is 0 Å². The summed E-state index contributed by atoms with van der Waals surface area (Å²) >= 11 is 5.25. The van der Waals surface area contributed by atoms with Crippen molar-refractivity contribution < 1.29 is 0 Å². The summed E-state index contributed by atoms with van der Waals surface area (Å²) in [6, 6.07) is 0.146. The van der Waals surface area contributed by atoms with E-state index in [0.29, 0.717) is 0 Å². The van der Waals surface area contributed by atoms with Gasteiger partial charge in [-0.3, -0.25) is 16.0 Å². The van der Waals surface area contributed by atoms with Crippen LogP contribution >= 0.6 is 27.3 Å². The van der Waals surface area contributed by atoms with Gasteiger partial charge in [-0.2, -0.15) is 5.10 Å². The Morgan fingerprint density at radius 2 is 2.21 bits per heavy atom. The van der Waals surface area contributed by atoms with Crippen LogP contribution in [0, 0.1) is 13.8 Å². The first-order valence-corrected chi connectivity index (χ1v) is 7.73. The molecule has 0 amide bonds. The minimum atomic E-state index is 0.146. The molecule has 0 saturated heterocycles. The normalized spacial score (nSPS) is 12.9. The number of hydrogen-bond donors (Lipinski definition) is 2. The number of hydrogen-bond acceptors (Lipinski definition) is 5. The molecule has 2 aromatic heterocycles. The van der Waals surface area contributed by atoms with Gasteiger partial charge in [0.05, 0.1) is 26.6 Å². The van der Waals surface area contributed by atoms with Crippen LogP contribution in [-0.4, -0.2) is 20.8 Å². The minimum Gasteiger partial charge on any atom is -0.271 e. The maximum absolute atomic E-state index is 5.66. The molecule has 0 aromatic carbocycles. The monoisotopic (exact) mass is 343 g/mol. The lowest BCUT2D eigenvalue weighted by Gasteiger charge is -2.15. The molecule has 7 heteroatoms. The van der Waals surface area contributed by atoms with E-state index >= 15 is 0 Å². The number of halogens is 1. The summed E-state index contributed by atoms with van der Waals surface area (Å²) < 4.78 is 2.96. The maximum Gasteiger partial charge on any atom is 0.0897 e. The van der Waals surface area contributed by atoms with E-state index in [2.05, 4.69) is 36.8 Å². The topological polar surface area (TPSA) is 68.8 Å². The third-order valence-electron chi connectivity index (χ3n) is 3.06. The van der Waals surface area contributed by atoms with Crippen molar-refractivity contribution in [2.75, 3.05) is 0 Å². The second-order valence-corrected chi connectivity index (χ2v) is 6.45. The summed E-state index contributed by atoms with van der Waals surface area (Å²) in [6.07, 6.45) is 1.63. The first-order chi connectivity index (χ1) is 9.01. The fraction of sp³-hybridized carbons (Fsp3) is 0.500. The number of nitrogens with two attached hydrogens (primary N) is 1. The number of hydrazine groups is 1. The van der Waals surface area contributed by atoms with Gasteiger partial charge in [0.25, 0.3) is 0 Å². The van der Waals surface area contributed by atoms with E-state index in [9.17, 15) is 0 Å². The quantitative estimate of drug-likeness (QED) is 0.642. The van der Waals surface area contributed by atoms with Crippen LogP contribution in [0.5, 0.6) is 0 Å². The Morgan fingerprint density at radius 1 is 1.47 bits per heavy atom. The molecule has 2 rings (SSSR count). The first kappa shape index (κ1) is 14.6. The second-order valence-electron chi connectivity index (χ2n) is 4.60. The lowest BCUT2D eigenvalue weighted by Crippen LogP contribution is -2.39. The zero-order valence-electron chi connectivity index (χ0n) is 11.3. The Balaban J connectivity index is 2.10. The summed E-state index contributed by atoms with van der Waals surface area (Å²) in [7, 11) is 1.95. The largest absolute Gasteiger partial charge is 0.271 e. The van der Waals surface area contributed by atoms with Crippen LogP contribution in [0.2, 0.25) is 0 Å². The molecular weight excluding hydrogens is 326 g/mol. The molecule has 1 unspecified atom stereocenters. The number of aryl methyl sites for hydroxylation is 3. The highest BCUT2D eigenvalue weighted by molar-refractivity contribution is 9.10. The van der Waals surface area contributed by atoms with Crippen molar-refractivity contribution in [1.29, 1.82) is 0 Å². The summed E-state index contributed by atoms with van der Waals surface area (Å²) in [6.45, 7) is 4.00. The Kier molecular flexibility index (Phi) is 4.72.